The van der Waals surface area contributed by atoms with Crippen LogP contribution in [0.4, 0.5) is 5.69 Å². The Kier molecular flexibility index (Phi) is 5.38. The molecular weight excluding hydrogens is 410 g/mol. The fraction of sp³-hybridized carbons (Fsp3) is 0.391. The monoisotopic (exact) mass is 435 g/mol. The number of aryl methyl sites for hydroxylation is 1. The van der Waals surface area contributed by atoms with E-state index in [1.165, 1.54) is 12.5 Å². The largest absolute Gasteiger partial charge is 0.481 e. The Balaban J connectivity index is 1.30. The summed E-state index contributed by atoms with van der Waals surface area (Å²) in [7, 11) is 1.63. The Bertz CT molecular complexity index is 1120. The number of amides is 1. The van der Waals surface area contributed by atoms with Gasteiger partial charge in [0.2, 0.25) is 11.8 Å². The van der Waals surface area contributed by atoms with E-state index in [2.05, 4.69) is 25.9 Å². The minimum atomic E-state index is -0.106. The van der Waals surface area contributed by atoms with E-state index in [0.717, 1.165) is 41.9 Å². The van der Waals surface area contributed by atoms with Gasteiger partial charge in [-0.2, -0.15) is 0 Å². The molecule has 0 spiro atoms. The summed E-state index contributed by atoms with van der Waals surface area (Å²) in [6.45, 7) is 4.64. The van der Waals surface area contributed by atoms with Gasteiger partial charge in [0.05, 0.1) is 55.2 Å². The molecule has 1 unspecified atom stereocenters. The number of fused-ring (bicyclic) bond motifs is 1. The van der Waals surface area contributed by atoms with Crippen LogP contribution < -0.4 is 14.4 Å². The quantitative estimate of drug-likeness (QED) is 0.604. The van der Waals surface area contributed by atoms with Crippen molar-refractivity contribution in [2.24, 2.45) is 0 Å². The topological polar surface area (TPSA) is 93.8 Å². The highest BCUT2D eigenvalue weighted by Crippen LogP contribution is 2.31. The summed E-state index contributed by atoms with van der Waals surface area (Å²) >= 11 is 0. The van der Waals surface area contributed by atoms with Gasteiger partial charge in [0.15, 0.2) is 0 Å². The molecule has 0 aliphatic carbocycles. The lowest BCUT2D eigenvalue weighted by molar-refractivity contribution is 0.0770. The predicted molar refractivity (Wildman–Crippen MR) is 116 cm³/mol. The minimum Gasteiger partial charge on any atom is -0.481 e. The summed E-state index contributed by atoms with van der Waals surface area (Å²) in [6.07, 6.45) is 7.83. The number of likely N-dealkylation sites (tertiary alicyclic amines) is 1. The van der Waals surface area contributed by atoms with E-state index in [9.17, 15) is 4.79 Å². The lowest BCUT2D eigenvalue weighted by Crippen LogP contribution is -2.33. The number of methoxy groups -OCH3 is 1. The maximum Gasteiger partial charge on any atom is 0.257 e. The molecule has 1 amide bonds. The Morgan fingerprint density at radius 3 is 2.91 bits per heavy atom. The molecule has 0 saturated carbocycles. The summed E-state index contributed by atoms with van der Waals surface area (Å²) in [6, 6.07) is 3.76. The molecule has 9 heteroatoms. The zero-order valence-corrected chi connectivity index (χ0v) is 18.2. The number of pyridine rings is 1. The van der Waals surface area contributed by atoms with Gasteiger partial charge < -0.3 is 23.7 Å². The number of hydrogen-bond donors (Lipinski definition) is 0. The Hall–Kier alpha value is -3.62. The highest BCUT2D eigenvalue weighted by Gasteiger charge is 2.31. The molecule has 3 aromatic heterocycles. The SMILES string of the molecule is COc1ncc(N2CCc3ncnc(OC4CCN(C(=O)c5ccoc5)C4)c3C2)cc1C. The molecule has 1 fully saturated rings. The van der Waals surface area contributed by atoms with Gasteiger partial charge in [0, 0.05) is 31.5 Å². The molecule has 1 saturated heterocycles. The summed E-state index contributed by atoms with van der Waals surface area (Å²) in [5.41, 5.74) is 4.58. The van der Waals surface area contributed by atoms with Gasteiger partial charge in [0.1, 0.15) is 18.7 Å². The summed E-state index contributed by atoms with van der Waals surface area (Å²) in [4.78, 5) is 29.9. The van der Waals surface area contributed by atoms with Crippen molar-refractivity contribution in [1.29, 1.82) is 0 Å². The van der Waals surface area contributed by atoms with E-state index < -0.39 is 0 Å². The lowest BCUT2D eigenvalue weighted by Gasteiger charge is -2.31. The van der Waals surface area contributed by atoms with Crippen LogP contribution in [0.3, 0.4) is 0 Å². The lowest BCUT2D eigenvalue weighted by atomic mass is 10.1. The number of aromatic nitrogens is 3. The van der Waals surface area contributed by atoms with Crippen molar-refractivity contribution in [3.8, 4) is 11.8 Å². The van der Waals surface area contributed by atoms with Gasteiger partial charge in [-0.05, 0) is 19.1 Å². The number of anilines is 1. The summed E-state index contributed by atoms with van der Waals surface area (Å²) < 4.78 is 16.6. The van der Waals surface area contributed by atoms with Crippen molar-refractivity contribution in [1.82, 2.24) is 19.9 Å². The van der Waals surface area contributed by atoms with Crippen LogP contribution >= 0.6 is 0 Å². The third-order valence-corrected chi connectivity index (χ3v) is 6.02. The summed E-state index contributed by atoms with van der Waals surface area (Å²) in [5, 5.41) is 0. The number of nitrogens with zero attached hydrogens (tertiary/aromatic N) is 5. The molecule has 3 aromatic rings. The van der Waals surface area contributed by atoms with Crippen molar-refractivity contribution < 1.29 is 18.7 Å². The third-order valence-electron chi connectivity index (χ3n) is 6.02. The van der Waals surface area contributed by atoms with E-state index >= 15 is 0 Å². The first-order valence-electron chi connectivity index (χ1n) is 10.7. The van der Waals surface area contributed by atoms with Crippen molar-refractivity contribution >= 4 is 11.6 Å². The van der Waals surface area contributed by atoms with Gasteiger partial charge in [-0.3, -0.25) is 4.79 Å². The van der Waals surface area contributed by atoms with E-state index in [0.29, 0.717) is 37.0 Å². The van der Waals surface area contributed by atoms with Crippen molar-refractivity contribution in [2.45, 2.75) is 32.4 Å². The van der Waals surface area contributed by atoms with Gasteiger partial charge in [-0.1, -0.05) is 0 Å². The van der Waals surface area contributed by atoms with E-state index in [1.54, 1.807) is 24.4 Å². The maximum atomic E-state index is 12.6. The number of hydrogen-bond acceptors (Lipinski definition) is 8. The van der Waals surface area contributed by atoms with Crippen LogP contribution in [-0.4, -0.2) is 58.6 Å². The second-order valence-corrected chi connectivity index (χ2v) is 8.09. The maximum absolute atomic E-state index is 12.6. The number of furan rings is 1. The van der Waals surface area contributed by atoms with Crippen LogP contribution in [0.25, 0.3) is 0 Å². The molecular formula is C23H25N5O4. The van der Waals surface area contributed by atoms with E-state index in [-0.39, 0.29) is 12.0 Å². The van der Waals surface area contributed by atoms with Gasteiger partial charge in [-0.15, -0.1) is 0 Å². The summed E-state index contributed by atoms with van der Waals surface area (Å²) in [5.74, 6) is 1.19. The number of ether oxygens (including phenoxy) is 2. The van der Waals surface area contributed by atoms with Crippen LogP contribution in [0.1, 0.15) is 33.6 Å². The van der Waals surface area contributed by atoms with Crippen molar-refractivity contribution in [2.75, 3.05) is 31.6 Å². The molecule has 1 atom stereocenters. The zero-order valence-electron chi connectivity index (χ0n) is 18.2. The molecule has 32 heavy (non-hydrogen) atoms. The number of carbonyl (C=O) groups excluding carboxylic acids is 1. The minimum absolute atomic E-state index is 0.0388. The Labute approximate surface area is 186 Å². The average molecular weight is 435 g/mol. The molecule has 2 aliphatic rings. The van der Waals surface area contributed by atoms with Crippen molar-refractivity contribution in [3.63, 3.8) is 0 Å². The highest BCUT2D eigenvalue weighted by atomic mass is 16.5. The van der Waals surface area contributed by atoms with Crippen LogP contribution in [0, 0.1) is 6.92 Å². The molecule has 0 aromatic carbocycles. The molecule has 0 radical (unpaired) electrons. The van der Waals surface area contributed by atoms with Crippen LogP contribution in [0.15, 0.2) is 41.6 Å². The normalized spacial score (nSPS) is 17.9. The Morgan fingerprint density at radius 1 is 1.22 bits per heavy atom. The van der Waals surface area contributed by atoms with Crippen LogP contribution in [0.5, 0.6) is 11.8 Å². The third kappa shape index (κ3) is 3.86. The second kappa shape index (κ2) is 8.49. The Morgan fingerprint density at radius 2 is 2.12 bits per heavy atom. The highest BCUT2D eigenvalue weighted by molar-refractivity contribution is 5.94. The average Bonchev–Trinajstić information content (AvgIpc) is 3.51. The van der Waals surface area contributed by atoms with E-state index in [1.807, 2.05) is 13.1 Å². The molecule has 0 bridgehead atoms. The molecule has 0 N–H and O–H groups in total. The van der Waals surface area contributed by atoms with Crippen LogP contribution in [0.2, 0.25) is 0 Å². The number of carbonyl (C=O) groups is 1. The van der Waals surface area contributed by atoms with Crippen LogP contribution in [-0.2, 0) is 13.0 Å². The molecule has 2 aliphatic heterocycles. The van der Waals surface area contributed by atoms with Crippen molar-refractivity contribution in [3.05, 3.63) is 59.6 Å². The van der Waals surface area contributed by atoms with Gasteiger partial charge in [0.25, 0.3) is 5.91 Å². The smallest absolute Gasteiger partial charge is 0.257 e. The molecule has 9 nitrogen and oxygen atoms in total. The first-order valence-corrected chi connectivity index (χ1v) is 10.7. The number of rotatable bonds is 5. The first kappa shape index (κ1) is 20.3. The molecule has 5 rings (SSSR count). The molecule has 166 valence electrons. The fourth-order valence-electron chi connectivity index (χ4n) is 4.31. The fourth-order valence-corrected chi connectivity index (χ4v) is 4.31. The second-order valence-electron chi connectivity index (χ2n) is 8.09. The van der Waals surface area contributed by atoms with E-state index in [4.69, 9.17) is 13.9 Å². The standard InChI is InChI=1S/C23H25N5O4/c1-15-9-17(10-24-21(15)30-2)27-7-4-20-19(12-27)22(26-14-25-20)32-18-3-6-28(11-18)23(29)16-5-8-31-13-16/h5,8-10,13-14,18H,3-4,6-7,11-12H2,1-2H3. The molecule has 5 heterocycles. The van der Waals surface area contributed by atoms with Gasteiger partial charge in [-0.25, -0.2) is 15.0 Å². The first-order chi connectivity index (χ1) is 15.6. The van der Waals surface area contributed by atoms with Gasteiger partial charge >= 0.3 is 0 Å². The zero-order chi connectivity index (χ0) is 22.1. The predicted octanol–water partition coefficient (Wildman–Crippen LogP) is 2.64.